The summed E-state index contributed by atoms with van der Waals surface area (Å²) in [6.45, 7) is 0. The molecule has 0 saturated heterocycles. The van der Waals surface area contributed by atoms with Crippen LogP contribution in [0.25, 0.3) is 22.5 Å². The number of rotatable bonds is 3. The zero-order valence-corrected chi connectivity index (χ0v) is 15.8. The Kier molecular flexibility index (Phi) is 3.95. The van der Waals surface area contributed by atoms with Crippen molar-refractivity contribution >= 4 is 36.5 Å². The van der Waals surface area contributed by atoms with E-state index < -0.39 is 0 Å². The lowest BCUT2D eigenvalue weighted by atomic mass is 9.94. The highest BCUT2D eigenvalue weighted by Gasteiger charge is 2.40. The second-order valence-corrected chi connectivity index (χ2v) is 7.22. The quantitative estimate of drug-likeness (QED) is 0.687. The van der Waals surface area contributed by atoms with Gasteiger partial charge in [0.2, 0.25) is 0 Å². The minimum Gasteiger partial charge on any atom is -0.321 e. The summed E-state index contributed by atoms with van der Waals surface area (Å²) in [6.07, 6.45) is 0. The number of hydrogen-bond acceptors (Lipinski definition) is 2. The summed E-state index contributed by atoms with van der Waals surface area (Å²) in [5.41, 5.74) is 6.91. The average Bonchev–Trinajstić information content (AvgIpc) is 3.28. The summed E-state index contributed by atoms with van der Waals surface area (Å²) in [5.74, 6) is -0.507. The first kappa shape index (κ1) is 17.3. The van der Waals surface area contributed by atoms with E-state index in [1.54, 1.807) is 0 Å². The van der Waals surface area contributed by atoms with Crippen molar-refractivity contribution in [2.24, 2.45) is 0 Å². The van der Waals surface area contributed by atoms with Crippen molar-refractivity contribution in [3.63, 3.8) is 0 Å². The lowest BCUT2D eigenvalue weighted by molar-refractivity contribution is -0.117. The summed E-state index contributed by atoms with van der Waals surface area (Å²) in [6, 6.07) is 25.7. The van der Waals surface area contributed by atoms with Gasteiger partial charge in [0.05, 0.1) is 22.5 Å². The predicted molar refractivity (Wildman–Crippen MR) is 117 cm³/mol. The maximum absolute atomic E-state index is 12.7. The van der Waals surface area contributed by atoms with Gasteiger partial charge < -0.3 is 10.6 Å². The average molecular weight is 376 g/mol. The summed E-state index contributed by atoms with van der Waals surface area (Å²) in [5, 5.41) is 5.78. The fraction of sp³-hybridized carbons (Fsp3) is 0. The normalized spacial score (nSPS) is 15.4. The zero-order valence-electron chi connectivity index (χ0n) is 15.8. The fourth-order valence-electron chi connectivity index (χ4n) is 3.79. The van der Waals surface area contributed by atoms with Crippen LogP contribution in [0, 0.1) is 0 Å². The highest BCUT2D eigenvalue weighted by atomic mass is 16.2. The molecule has 5 heteroatoms. The van der Waals surface area contributed by atoms with Crippen LogP contribution in [-0.4, -0.2) is 19.7 Å². The van der Waals surface area contributed by atoms with Gasteiger partial charge in [0, 0.05) is 0 Å². The van der Waals surface area contributed by atoms with Crippen molar-refractivity contribution in [2.75, 3.05) is 0 Å². The van der Waals surface area contributed by atoms with Gasteiger partial charge >= 0.3 is 0 Å². The first-order chi connectivity index (χ1) is 14.1. The van der Waals surface area contributed by atoms with E-state index in [0.29, 0.717) is 22.5 Å². The first-order valence-corrected chi connectivity index (χ1v) is 9.46. The molecule has 0 saturated carbocycles. The Morgan fingerprint density at radius 2 is 0.931 bits per heavy atom. The van der Waals surface area contributed by atoms with Crippen molar-refractivity contribution in [1.29, 1.82) is 0 Å². The molecule has 0 radical (unpaired) electrons. The molecule has 2 aliphatic rings. The van der Waals surface area contributed by atoms with E-state index in [9.17, 15) is 9.59 Å². The molecule has 2 N–H and O–H groups in total. The molecular formula is C24H17BN2O2. The smallest absolute Gasteiger partial charge is 0.258 e. The lowest BCUT2D eigenvalue weighted by Gasteiger charge is -2.08. The molecule has 0 aliphatic carbocycles. The zero-order chi connectivity index (χ0) is 20.0. The third-order valence-corrected chi connectivity index (χ3v) is 5.30. The summed E-state index contributed by atoms with van der Waals surface area (Å²) in [4.78, 5) is 25.4. The number of fused-ring (bicyclic) bond motifs is 1. The van der Waals surface area contributed by atoms with Crippen LogP contribution < -0.4 is 16.1 Å². The highest BCUT2D eigenvalue weighted by molar-refractivity contribution is 6.32. The maximum atomic E-state index is 12.7. The van der Waals surface area contributed by atoms with Gasteiger partial charge in [0.25, 0.3) is 11.8 Å². The van der Waals surface area contributed by atoms with Gasteiger partial charge in [0.1, 0.15) is 7.85 Å². The second-order valence-electron chi connectivity index (χ2n) is 7.22. The van der Waals surface area contributed by atoms with Crippen molar-refractivity contribution in [3.8, 4) is 11.1 Å². The van der Waals surface area contributed by atoms with Gasteiger partial charge in [-0.05, 0) is 22.3 Å². The molecule has 0 atom stereocenters. The number of amides is 2. The monoisotopic (exact) mass is 376 g/mol. The Balaban J connectivity index is 1.57. The standard InChI is InChI=1S/C24H17BN2O2/c25-18-12-10-17(11-13-18)22-20-19(23(28)27-22)21(26-24(20)29)16-8-6-15(7-9-16)14-4-2-1-3-5-14/h1-13H,25H2,(H,26,29)(H,27,28). The van der Waals surface area contributed by atoms with Crippen LogP contribution in [-0.2, 0) is 9.59 Å². The molecule has 4 nitrogen and oxygen atoms in total. The summed E-state index contributed by atoms with van der Waals surface area (Å²) in [7, 11) is 2.00. The number of benzene rings is 3. The maximum Gasteiger partial charge on any atom is 0.258 e. The van der Waals surface area contributed by atoms with E-state index in [1.807, 2.05) is 86.7 Å². The minimum absolute atomic E-state index is 0.254. The Bertz CT molecular complexity index is 1210. The molecule has 3 aromatic carbocycles. The van der Waals surface area contributed by atoms with Crippen molar-refractivity contribution in [3.05, 3.63) is 101 Å². The van der Waals surface area contributed by atoms with Crippen molar-refractivity contribution in [2.45, 2.75) is 0 Å². The largest absolute Gasteiger partial charge is 0.321 e. The first-order valence-electron chi connectivity index (χ1n) is 9.46. The molecule has 29 heavy (non-hydrogen) atoms. The Hall–Kier alpha value is -3.86. The molecule has 2 amide bonds. The third-order valence-electron chi connectivity index (χ3n) is 5.30. The van der Waals surface area contributed by atoms with Gasteiger partial charge in [-0.15, -0.1) is 0 Å². The molecule has 5 rings (SSSR count). The van der Waals surface area contributed by atoms with Crippen LogP contribution in [0.4, 0.5) is 0 Å². The van der Waals surface area contributed by atoms with Gasteiger partial charge in [-0.3, -0.25) is 9.59 Å². The lowest BCUT2D eigenvalue weighted by Crippen LogP contribution is -2.21. The van der Waals surface area contributed by atoms with E-state index in [1.165, 1.54) is 0 Å². The molecule has 0 spiro atoms. The van der Waals surface area contributed by atoms with E-state index >= 15 is 0 Å². The number of carbonyl (C=O) groups is 2. The van der Waals surface area contributed by atoms with Crippen LogP contribution in [0.1, 0.15) is 11.1 Å². The van der Waals surface area contributed by atoms with Crippen molar-refractivity contribution in [1.82, 2.24) is 10.6 Å². The van der Waals surface area contributed by atoms with Crippen LogP contribution in [0.5, 0.6) is 0 Å². The third kappa shape index (κ3) is 2.88. The van der Waals surface area contributed by atoms with Crippen LogP contribution in [0.2, 0.25) is 0 Å². The minimum atomic E-state index is -0.254. The molecule has 0 unspecified atom stereocenters. The molecule has 0 fully saturated rings. The predicted octanol–water partition coefficient (Wildman–Crippen LogP) is 1.99. The second kappa shape index (κ2) is 6.64. The van der Waals surface area contributed by atoms with E-state index in [-0.39, 0.29) is 11.8 Å². The molecule has 138 valence electrons. The van der Waals surface area contributed by atoms with Crippen LogP contribution >= 0.6 is 0 Å². The van der Waals surface area contributed by atoms with E-state index in [0.717, 1.165) is 27.7 Å². The van der Waals surface area contributed by atoms with Crippen LogP contribution in [0.15, 0.2) is 90.0 Å². The summed E-state index contributed by atoms with van der Waals surface area (Å²) < 4.78 is 0. The van der Waals surface area contributed by atoms with E-state index in [4.69, 9.17) is 0 Å². The fourth-order valence-corrected chi connectivity index (χ4v) is 3.79. The van der Waals surface area contributed by atoms with Gasteiger partial charge in [0.15, 0.2) is 0 Å². The summed E-state index contributed by atoms with van der Waals surface area (Å²) >= 11 is 0. The van der Waals surface area contributed by atoms with Crippen LogP contribution in [0.3, 0.4) is 0 Å². The van der Waals surface area contributed by atoms with Crippen molar-refractivity contribution < 1.29 is 9.59 Å². The molecule has 2 heterocycles. The molecular weight excluding hydrogens is 359 g/mol. The topological polar surface area (TPSA) is 58.2 Å². The molecule has 3 aromatic rings. The Morgan fingerprint density at radius 3 is 1.45 bits per heavy atom. The Labute approximate surface area is 169 Å². The molecule has 2 aliphatic heterocycles. The highest BCUT2D eigenvalue weighted by Crippen LogP contribution is 2.37. The van der Waals surface area contributed by atoms with Gasteiger partial charge in [-0.1, -0.05) is 84.3 Å². The molecule has 0 aromatic heterocycles. The number of hydrogen-bond donors (Lipinski definition) is 2. The number of nitrogens with one attached hydrogen (secondary N) is 2. The Morgan fingerprint density at radius 1 is 0.517 bits per heavy atom. The molecule has 0 bridgehead atoms. The SMILES string of the molecule is Bc1ccc(C2=C3C(=O)NC(c4ccc(-c5ccccc5)cc4)=C3C(=O)N2)cc1. The van der Waals surface area contributed by atoms with Gasteiger partial charge in [-0.25, -0.2) is 0 Å². The number of carbonyl (C=O) groups excluding carboxylic acids is 2. The van der Waals surface area contributed by atoms with E-state index in [2.05, 4.69) is 10.6 Å². The van der Waals surface area contributed by atoms with Gasteiger partial charge in [-0.2, -0.15) is 0 Å².